The lowest BCUT2D eigenvalue weighted by Gasteiger charge is -2.16. The van der Waals surface area contributed by atoms with Crippen molar-refractivity contribution in [1.82, 2.24) is 9.78 Å². The summed E-state index contributed by atoms with van der Waals surface area (Å²) in [6.45, 7) is 3.62. The molecule has 0 unspecified atom stereocenters. The SMILES string of the molecule is CCc1nn(-c2ccc(F)cc2)c([O-])c1C1=C([n+]2ccc(C)cc2)C(=O)N(c2ccccc2F)C1=O. The molecule has 9 heteroatoms. The quantitative estimate of drug-likeness (QED) is 0.320. The fourth-order valence-electron chi connectivity index (χ4n) is 4.19. The molecule has 0 saturated carbocycles. The van der Waals surface area contributed by atoms with Gasteiger partial charge < -0.3 is 5.11 Å². The highest BCUT2D eigenvalue weighted by Crippen LogP contribution is 2.39. The summed E-state index contributed by atoms with van der Waals surface area (Å²) >= 11 is 0. The van der Waals surface area contributed by atoms with Gasteiger partial charge in [-0.3, -0.25) is 9.59 Å². The fourth-order valence-corrected chi connectivity index (χ4v) is 4.19. The molecule has 7 nitrogen and oxygen atoms in total. The second-order valence-corrected chi connectivity index (χ2v) is 8.27. The molecule has 3 heterocycles. The first kappa shape index (κ1) is 23.1. The Morgan fingerprint density at radius 2 is 1.61 bits per heavy atom. The molecule has 180 valence electrons. The summed E-state index contributed by atoms with van der Waals surface area (Å²) in [5, 5.41) is 18.0. The van der Waals surface area contributed by atoms with Crippen LogP contribution in [0.2, 0.25) is 0 Å². The Balaban J connectivity index is 1.77. The van der Waals surface area contributed by atoms with Gasteiger partial charge in [-0.2, -0.15) is 9.67 Å². The number of halogens is 2. The maximum absolute atomic E-state index is 14.7. The number of carbonyl (C=O) groups is 2. The van der Waals surface area contributed by atoms with E-state index in [9.17, 15) is 23.5 Å². The average molecular weight is 486 g/mol. The number of amides is 2. The lowest BCUT2D eigenvalue weighted by atomic mass is 10.0. The minimum absolute atomic E-state index is 0.0536. The van der Waals surface area contributed by atoms with Gasteiger partial charge in [0.2, 0.25) is 0 Å². The van der Waals surface area contributed by atoms with E-state index < -0.39 is 29.3 Å². The van der Waals surface area contributed by atoms with Gasteiger partial charge in [-0.05, 0) is 61.2 Å². The Hall–Kier alpha value is -4.66. The third kappa shape index (κ3) is 3.65. The highest BCUT2D eigenvalue weighted by molar-refractivity contribution is 6.53. The van der Waals surface area contributed by atoms with E-state index in [1.54, 1.807) is 31.5 Å². The number of anilines is 1. The molecule has 0 radical (unpaired) electrons. The van der Waals surface area contributed by atoms with Gasteiger partial charge in [0.1, 0.15) is 17.2 Å². The predicted octanol–water partition coefficient (Wildman–Crippen LogP) is 3.32. The average Bonchev–Trinajstić information content (AvgIpc) is 3.33. The van der Waals surface area contributed by atoms with Crippen LogP contribution in [-0.4, -0.2) is 21.6 Å². The van der Waals surface area contributed by atoms with Crippen molar-refractivity contribution in [1.29, 1.82) is 0 Å². The minimum atomic E-state index is -0.835. The molecule has 0 fully saturated rings. The minimum Gasteiger partial charge on any atom is -0.858 e. The van der Waals surface area contributed by atoms with Gasteiger partial charge in [0.15, 0.2) is 12.4 Å². The van der Waals surface area contributed by atoms with Crippen LogP contribution in [0.3, 0.4) is 0 Å². The summed E-state index contributed by atoms with van der Waals surface area (Å²) < 4.78 is 30.7. The Kier molecular flexibility index (Phi) is 5.68. The monoisotopic (exact) mass is 486 g/mol. The van der Waals surface area contributed by atoms with Gasteiger partial charge in [0.05, 0.1) is 17.1 Å². The zero-order chi connectivity index (χ0) is 25.6. The second kappa shape index (κ2) is 8.84. The summed E-state index contributed by atoms with van der Waals surface area (Å²) in [7, 11) is 0. The van der Waals surface area contributed by atoms with E-state index >= 15 is 0 Å². The van der Waals surface area contributed by atoms with Gasteiger partial charge >= 0.3 is 5.91 Å². The highest BCUT2D eigenvalue weighted by atomic mass is 19.1. The van der Waals surface area contributed by atoms with Crippen molar-refractivity contribution in [3.05, 3.63) is 102 Å². The Morgan fingerprint density at radius 3 is 2.25 bits per heavy atom. The lowest BCUT2D eigenvalue weighted by Crippen LogP contribution is -2.39. The number of para-hydroxylation sites is 1. The van der Waals surface area contributed by atoms with Crippen LogP contribution in [-0.2, 0) is 16.0 Å². The standard InChI is InChI=1S/C27H20F2N4O3/c1-3-20-22(26(35)33(30-20)18-10-8-17(28)9-11-18)23-24(31-14-12-16(2)13-15-31)27(36)32(25(23)34)21-7-5-4-6-19(21)29/h4-15H,3H2,1-2H3. The molecular formula is C27H20F2N4O3. The van der Waals surface area contributed by atoms with Gasteiger partial charge in [-0.25, -0.2) is 18.4 Å². The van der Waals surface area contributed by atoms with Crippen molar-refractivity contribution in [3.8, 4) is 11.6 Å². The van der Waals surface area contributed by atoms with E-state index in [2.05, 4.69) is 5.10 Å². The molecule has 2 amide bonds. The Labute approximate surface area is 205 Å². The van der Waals surface area contributed by atoms with E-state index in [4.69, 9.17) is 0 Å². The first-order valence-electron chi connectivity index (χ1n) is 11.2. The molecule has 0 N–H and O–H groups in total. The smallest absolute Gasteiger partial charge is 0.331 e. The van der Waals surface area contributed by atoms with E-state index in [1.807, 2.05) is 6.92 Å². The first-order valence-corrected chi connectivity index (χ1v) is 11.2. The molecule has 0 spiro atoms. The zero-order valence-corrected chi connectivity index (χ0v) is 19.4. The molecule has 0 bridgehead atoms. The zero-order valence-electron chi connectivity index (χ0n) is 19.4. The second-order valence-electron chi connectivity index (χ2n) is 8.27. The van der Waals surface area contributed by atoms with Crippen molar-refractivity contribution in [2.75, 3.05) is 4.90 Å². The van der Waals surface area contributed by atoms with Crippen molar-refractivity contribution in [3.63, 3.8) is 0 Å². The molecule has 0 atom stereocenters. The predicted molar refractivity (Wildman–Crippen MR) is 126 cm³/mol. The van der Waals surface area contributed by atoms with Crippen LogP contribution >= 0.6 is 0 Å². The maximum atomic E-state index is 14.7. The fraction of sp³-hybridized carbons (Fsp3) is 0.111. The molecule has 0 aliphatic carbocycles. The normalized spacial score (nSPS) is 13.7. The number of carbonyl (C=O) groups excluding carboxylic acids is 2. The maximum Gasteiger partial charge on any atom is 0.331 e. The molecule has 0 saturated heterocycles. The first-order chi connectivity index (χ1) is 17.3. The molecule has 4 aromatic rings. The van der Waals surface area contributed by atoms with Crippen molar-refractivity contribution >= 4 is 28.8 Å². The molecule has 2 aromatic heterocycles. The highest BCUT2D eigenvalue weighted by Gasteiger charge is 2.48. The van der Waals surface area contributed by atoms with E-state index in [-0.39, 0.29) is 34.6 Å². The summed E-state index contributed by atoms with van der Waals surface area (Å²) in [4.78, 5) is 28.2. The number of aryl methyl sites for hydroxylation is 2. The number of rotatable bonds is 5. The van der Waals surface area contributed by atoms with Crippen LogP contribution in [0.5, 0.6) is 5.88 Å². The van der Waals surface area contributed by atoms with Crippen molar-refractivity contribution < 1.29 is 28.0 Å². The molecule has 36 heavy (non-hydrogen) atoms. The topological polar surface area (TPSA) is 82.1 Å². The number of hydrogen-bond donors (Lipinski definition) is 0. The van der Waals surface area contributed by atoms with Crippen LogP contribution in [0.4, 0.5) is 14.5 Å². The van der Waals surface area contributed by atoms with E-state index in [1.165, 1.54) is 47.0 Å². The molecule has 1 aliphatic rings. The Morgan fingerprint density at radius 1 is 0.944 bits per heavy atom. The largest absolute Gasteiger partial charge is 0.858 e. The van der Waals surface area contributed by atoms with Gasteiger partial charge in [-0.1, -0.05) is 19.1 Å². The summed E-state index contributed by atoms with van der Waals surface area (Å²) in [6, 6.07) is 14.1. The number of nitrogens with zero attached hydrogens (tertiary/aromatic N) is 4. The van der Waals surface area contributed by atoms with Gasteiger partial charge in [0.25, 0.3) is 11.6 Å². The van der Waals surface area contributed by atoms with Crippen LogP contribution in [0.15, 0.2) is 73.1 Å². The van der Waals surface area contributed by atoms with Crippen LogP contribution in [0.25, 0.3) is 17.0 Å². The van der Waals surface area contributed by atoms with Crippen molar-refractivity contribution in [2.24, 2.45) is 0 Å². The Bertz CT molecular complexity index is 1540. The summed E-state index contributed by atoms with van der Waals surface area (Å²) in [6.07, 6.45) is 3.47. The number of pyridine rings is 1. The molecular weight excluding hydrogens is 466 g/mol. The van der Waals surface area contributed by atoms with Gasteiger partial charge in [0, 0.05) is 17.7 Å². The van der Waals surface area contributed by atoms with Crippen molar-refractivity contribution in [2.45, 2.75) is 20.3 Å². The lowest BCUT2D eigenvalue weighted by molar-refractivity contribution is -0.576. The molecule has 2 aromatic carbocycles. The third-order valence-corrected chi connectivity index (χ3v) is 5.98. The van der Waals surface area contributed by atoms with Crippen LogP contribution < -0.4 is 14.6 Å². The number of imide groups is 1. The number of hydrogen-bond acceptors (Lipinski definition) is 4. The number of aromatic nitrogens is 3. The number of benzene rings is 2. The molecule has 5 rings (SSSR count). The van der Waals surface area contributed by atoms with E-state index in [0.29, 0.717) is 5.69 Å². The molecule has 1 aliphatic heterocycles. The van der Waals surface area contributed by atoms with Crippen LogP contribution in [0.1, 0.15) is 23.7 Å². The van der Waals surface area contributed by atoms with Crippen LogP contribution in [0, 0.1) is 18.6 Å². The summed E-state index contributed by atoms with van der Waals surface area (Å²) in [5.74, 6) is -3.49. The van der Waals surface area contributed by atoms with E-state index in [0.717, 1.165) is 21.2 Å². The van der Waals surface area contributed by atoms with Gasteiger partial charge in [-0.15, -0.1) is 0 Å². The third-order valence-electron chi connectivity index (χ3n) is 5.98. The summed E-state index contributed by atoms with van der Waals surface area (Å²) in [5.41, 5.74) is 0.961.